The van der Waals surface area contributed by atoms with Crippen molar-refractivity contribution in [3.63, 3.8) is 0 Å². The number of aromatic hydroxyl groups is 2. The van der Waals surface area contributed by atoms with Crippen LogP contribution in [-0.2, 0) is 4.74 Å². The zero-order valence-corrected chi connectivity index (χ0v) is 10.6. The number of amidine groups is 1. The van der Waals surface area contributed by atoms with Crippen molar-refractivity contribution in [2.24, 2.45) is 10.9 Å². The molecule has 108 valence electrons. The summed E-state index contributed by atoms with van der Waals surface area (Å²) in [7, 11) is 0. The number of carbonyl (C=O) groups excluding carboxylic acids is 1. The van der Waals surface area contributed by atoms with Gasteiger partial charge in [-0.3, -0.25) is 4.79 Å². The first kappa shape index (κ1) is 13.9. The van der Waals surface area contributed by atoms with Gasteiger partial charge in [0.15, 0.2) is 5.84 Å². The lowest BCUT2D eigenvalue weighted by molar-refractivity contribution is 0.00673. The van der Waals surface area contributed by atoms with Crippen LogP contribution in [0.15, 0.2) is 23.4 Å². The number of phenols is 2. The number of oxime groups is 1. The van der Waals surface area contributed by atoms with E-state index in [-0.39, 0.29) is 42.0 Å². The third kappa shape index (κ3) is 2.91. The van der Waals surface area contributed by atoms with Crippen molar-refractivity contribution >= 4 is 11.7 Å². The molecule has 0 radical (unpaired) electrons. The van der Waals surface area contributed by atoms with Crippen molar-refractivity contribution in [3.8, 4) is 11.5 Å². The second kappa shape index (κ2) is 5.66. The molecule has 1 fully saturated rings. The number of hydrogen-bond acceptors (Lipinski definition) is 6. The smallest absolute Gasteiger partial charge is 0.254 e. The lowest BCUT2D eigenvalue weighted by atomic mass is 10.1. The molecule has 1 aromatic rings. The summed E-state index contributed by atoms with van der Waals surface area (Å²) < 4.78 is 5.29. The molecule has 1 aromatic carbocycles. The summed E-state index contributed by atoms with van der Waals surface area (Å²) in [6, 6.07) is 3.65. The summed E-state index contributed by atoms with van der Waals surface area (Å²) in [4.78, 5) is 13.7. The number of nitrogens with two attached hydrogens (primary N) is 1. The van der Waals surface area contributed by atoms with E-state index in [0.29, 0.717) is 6.54 Å². The fourth-order valence-corrected chi connectivity index (χ4v) is 1.98. The van der Waals surface area contributed by atoms with Crippen LogP contribution in [0.3, 0.4) is 0 Å². The van der Waals surface area contributed by atoms with E-state index in [4.69, 9.17) is 15.7 Å². The number of ether oxygens (including phenoxy) is 1. The van der Waals surface area contributed by atoms with Gasteiger partial charge in [0.25, 0.3) is 5.91 Å². The van der Waals surface area contributed by atoms with E-state index in [9.17, 15) is 15.0 Å². The number of rotatable bonds is 2. The normalized spacial score (nSPS) is 19.9. The van der Waals surface area contributed by atoms with E-state index in [1.807, 2.05) is 0 Å². The first-order valence-electron chi connectivity index (χ1n) is 5.92. The number of morpholine rings is 1. The van der Waals surface area contributed by atoms with Gasteiger partial charge in [-0.1, -0.05) is 5.16 Å². The highest BCUT2D eigenvalue weighted by molar-refractivity contribution is 5.95. The molecule has 5 N–H and O–H groups in total. The van der Waals surface area contributed by atoms with Crippen LogP contribution in [0, 0.1) is 0 Å². The second-order valence-electron chi connectivity index (χ2n) is 4.37. The Labute approximate surface area is 114 Å². The first-order chi connectivity index (χ1) is 9.51. The molecular formula is C12H15N3O5. The van der Waals surface area contributed by atoms with Crippen LogP contribution < -0.4 is 5.73 Å². The van der Waals surface area contributed by atoms with Gasteiger partial charge in [-0.15, -0.1) is 0 Å². The third-order valence-corrected chi connectivity index (χ3v) is 2.95. The molecule has 0 saturated carbocycles. The lowest BCUT2D eigenvalue weighted by Gasteiger charge is -2.32. The largest absolute Gasteiger partial charge is 0.508 e. The highest BCUT2D eigenvalue weighted by Gasteiger charge is 2.28. The lowest BCUT2D eigenvalue weighted by Crippen LogP contribution is -2.50. The van der Waals surface area contributed by atoms with E-state index in [1.54, 1.807) is 0 Å². The van der Waals surface area contributed by atoms with Crippen molar-refractivity contribution < 1.29 is 25.0 Å². The molecule has 0 aromatic heterocycles. The molecule has 1 atom stereocenters. The average molecular weight is 281 g/mol. The van der Waals surface area contributed by atoms with Gasteiger partial charge >= 0.3 is 0 Å². The molecule has 0 spiro atoms. The predicted octanol–water partition coefficient (Wildman–Crippen LogP) is -0.315. The Bertz CT molecular complexity index is 526. The minimum Gasteiger partial charge on any atom is -0.508 e. The van der Waals surface area contributed by atoms with Crippen molar-refractivity contribution in [3.05, 3.63) is 23.8 Å². The Morgan fingerprint density at radius 1 is 1.35 bits per heavy atom. The average Bonchev–Trinajstić information content (AvgIpc) is 2.44. The van der Waals surface area contributed by atoms with Gasteiger partial charge in [0, 0.05) is 18.2 Å². The maximum atomic E-state index is 12.3. The van der Waals surface area contributed by atoms with Crippen LogP contribution in [0.4, 0.5) is 0 Å². The third-order valence-electron chi connectivity index (χ3n) is 2.95. The summed E-state index contributed by atoms with van der Waals surface area (Å²) >= 11 is 0. The van der Waals surface area contributed by atoms with Crippen LogP contribution in [0.1, 0.15) is 10.4 Å². The van der Waals surface area contributed by atoms with E-state index >= 15 is 0 Å². The summed E-state index contributed by atoms with van der Waals surface area (Å²) in [5.74, 6) is -0.888. The van der Waals surface area contributed by atoms with Crippen LogP contribution in [0.25, 0.3) is 0 Å². The monoisotopic (exact) mass is 281 g/mol. The maximum absolute atomic E-state index is 12.3. The zero-order chi connectivity index (χ0) is 14.7. The fourth-order valence-electron chi connectivity index (χ4n) is 1.98. The van der Waals surface area contributed by atoms with E-state index in [1.165, 1.54) is 17.0 Å². The first-order valence-corrected chi connectivity index (χ1v) is 5.92. The van der Waals surface area contributed by atoms with Gasteiger partial charge in [0.05, 0.1) is 13.2 Å². The van der Waals surface area contributed by atoms with Gasteiger partial charge in [-0.05, 0) is 12.1 Å². The number of carbonyl (C=O) groups is 1. The Morgan fingerprint density at radius 3 is 2.60 bits per heavy atom. The Balaban J connectivity index is 2.16. The topological polar surface area (TPSA) is 129 Å². The molecule has 20 heavy (non-hydrogen) atoms. The number of hydrogen-bond donors (Lipinski definition) is 4. The molecule has 2 rings (SSSR count). The minimum atomic E-state index is -0.677. The zero-order valence-electron chi connectivity index (χ0n) is 10.6. The van der Waals surface area contributed by atoms with Crippen LogP contribution in [-0.4, -0.2) is 57.9 Å². The van der Waals surface area contributed by atoms with Crippen molar-refractivity contribution in [1.29, 1.82) is 0 Å². The molecule has 0 bridgehead atoms. The molecule has 1 saturated heterocycles. The second-order valence-corrected chi connectivity index (χ2v) is 4.37. The Kier molecular flexibility index (Phi) is 3.94. The van der Waals surface area contributed by atoms with Gasteiger partial charge in [0.1, 0.15) is 17.6 Å². The van der Waals surface area contributed by atoms with Gasteiger partial charge in [-0.25, -0.2) is 0 Å². The molecule has 1 heterocycles. The van der Waals surface area contributed by atoms with Crippen LogP contribution in [0.5, 0.6) is 11.5 Å². The highest BCUT2D eigenvalue weighted by atomic mass is 16.5. The molecule has 8 nitrogen and oxygen atoms in total. The van der Waals surface area contributed by atoms with Gasteiger partial charge in [-0.2, -0.15) is 0 Å². The van der Waals surface area contributed by atoms with Gasteiger partial charge in [0.2, 0.25) is 0 Å². The van der Waals surface area contributed by atoms with Crippen molar-refractivity contribution in [1.82, 2.24) is 4.90 Å². The molecule has 0 aliphatic carbocycles. The maximum Gasteiger partial charge on any atom is 0.254 e. The quantitative estimate of drug-likeness (QED) is 0.255. The summed E-state index contributed by atoms with van der Waals surface area (Å²) in [5.41, 5.74) is 5.61. The molecule has 8 heteroatoms. The fraction of sp³-hybridized carbons (Fsp3) is 0.333. The summed E-state index contributed by atoms with van der Waals surface area (Å²) in [6.07, 6.45) is -0.677. The van der Waals surface area contributed by atoms with E-state index in [2.05, 4.69) is 5.16 Å². The molecular weight excluding hydrogens is 266 g/mol. The summed E-state index contributed by atoms with van der Waals surface area (Å²) in [5, 5.41) is 30.3. The minimum absolute atomic E-state index is 0.110. The predicted molar refractivity (Wildman–Crippen MR) is 68.8 cm³/mol. The van der Waals surface area contributed by atoms with Gasteiger partial charge < -0.3 is 30.8 Å². The Hall–Kier alpha value is -2.48. The van der Waals surface area contributed by atoms with Crippen molar-refractivity contribution in [2.45, 2.75) is 6.10 Å². The van der Waals surface area contributed by atoms with Crippen molar-refractivity contribution in [2.75, 3.05) is 19.7 Å². The summed E-state index contributed by atoms with van der Waals surface area (Å²) in [6.45, 7) is 0.715. The molecule has 1 unspecified atom stereocenters. The Morgan fingerprint density at radius 2 is 2.00 bits per heavy atom. The van der Waals surface area contributed by atoms with E-state index in [0.717, 1.165) is 6.07 Å². The van der Waals surface area contributed by atoms with Crippen LogP contribution >= 0.6 is 0 Å². The standard InChI is InChI=1S/C12H15N3O5/c13-11(14-19)10-6-15(1-2-20-10)12(18)7-3-8(16)5-9(17)4-7/h3-5,10,16-17,19H,1-2,6H2,(H2,13,14). The van der Waals surface area contributed by atoms with Crippen LogP contribution in [0.2, 0.25) is 0 Å². The number of phenolic OH excluding ortho intramolecular Hbond substituents is 2. The SMILES string of the molecule is N/C(=N/O)C1CN(C(=O)c2cc(O)cc(O)c2)CCO1. The molecule has 1 amide bonds. The number of benzene rings is 1. The number of amides is 1. The molecule has 1 aliphatic rings. The van der Waals surface area contributed by atoms with E-state index < -0.39 is 6.10 Å². The molecule has 1 aliphatic heterocycles. The highest BCUT2D eigenvalue weighted by Crippen LogP contribution is 2.22. The number of nitrogens with zero attached hydrogens (tertiary/aromatic N) is 2.